The van der Waals surface area contributed by atoms with E-state index in [2.05, 4.69) is 48.2 Å². The zero-order valence-electron chi connectivity index (χ0n) is 14.4. The van der Waals surface area contributed by atoms with Gasteiger partial charge in [0.15, 0.2) is 0 Å². The van der Waals surface area contributed by atoms with E-state index in [-0.39, 0.29) is 0 Å². The molecule has 1 rings (SSSR count). The molecule has 0 aromatic heterocycles. The molecular formula is C16H34N4O. The highest BCUT2D eigenvalue weighted by Crippen LogP contribution is 2.14. The van der Waals surface area contributed by atoms with Crippen LogP contribution in [0, 0.1) is 5.92 Å². The normalized spacial score (nSPS) is 18.7. The van der Waals surface area contributed by atoms with E-state index in [1.54, 1.807) is 0 Å². The Morgan fingerprint density at radius 2 is 1.57 bits per heavy atom. The maximum Gasteiger partial charge on any atom is 0.222 e. The molecule has 5 heteroatoms. The van der Waals surface area contributed by atoms with Crippen LogP contribution in [0.4, 0.5) is 0 Å². The number of amides is 1. The topological polar surface area (TPSA) is 38.8 Å². The summed E-state index contributed by atoms with van der Waals surface area (Å²) in [6, 6.07) is 0. The molecule has 0 aromatic rings. The van der Waals surface area contributed by atoms with Crippen LogP contribution < -0.4 is 5.32 Å². The van der Waals surface area contributed by atoms with Crippen molar-refractivity contribution in [2.24, 2.45) is 5.92 Å². The van der Waals surface area contributed by atoms with Gasteiger partial charge in [0.05, 0.1) is 0 Å². The van der Waals surface area contributed by atoms with Gasteiger partial charge in [0.2, 0.25) is 5.91 Å². The van der Waals surface area contributed by atoms with Gasteiger partial charge in [0.25, 0.3) is 0 Å². The van der Waals surface area contributed by atoms with Crippen molar-refractivity contribution in [2.75, 3.05) is 67.5 Å². The Morgan fingerprint density at radius 1 is 1.00 bits per heavy atom. The standard InChI is InChI=1S/C16H34N4O/c1-18(2)9-5-11-20(12-6-10-19(3)4)16(21)13-15-7-8-17-14-15/h15,17H,5-14H2,1-4H3. The van der Waals surface area contributed by atoms with E-state index in [1.165, 1.54) is 0 Å². The lowest BCUT2D eigenvalue weighted by Crippen LogP contribution is -2.36. The van der Waals surface area contributed by atoms with Gasteiger partial charge in [0, 0.05) is 19.5 Å². The van der Waals surface area contributed by atoms with Crippen molar-refractivity contribution in [3.05, 3.63) is 0 Å². The molecule has 1 amide bonds. The molecular weight excluding hydrogens is 264 g/mol. The quantitative estimate of drug-likeness (QED) is 0.645. The van der Waals surface area contributed by atoms with E-state index in [0.29, 0.717) is 11.8 Å². The Labute approximate surface area is 130 Å². The average Bonchev–Trinajstić information content (AvgIpc) is 2.89. The van der Waals surface area contributed by atoms with E-state index < -0.39 is 0 Å². The lowest BCUT2D eigenvalue weighted by atomic mass is 10.0. The first kappa shape index (κ1) is 18.4. The second-order valence-electron chi connectivity index (χ2n) is 6.76. The molecule has 1 aliphatic heterocycles. The summed E-state index contributed by atoms with van der Waals surface area (Å²) < 4.78 is 0. The SMILES string of the molecule is CN(C)CCCN(CCCN(C)C)C(=O)CC1CCNC1. The molecule has 124 valence electrons. The summed E-state index contributed by atoms with van der Waals surface area (Å²) in [7, 11) is 8.34. The Bertz CT molecular complexity index is 274. The molecule has 0 bridgehead atoms. The van der Waals surface area contributed by atoms with Gasteiger partial charge in [0.1, 0.15) is 0 Å². The highest BCUT2D eigenvalue weighted by Gasteiger charge is 2.21. The molecule has 1 unspecified atom stereocenters. The second-order valence-corrected chi connectivity index (χ2v) is 6.76. The third-order valence-corrected chi connectivity index (χ3v) is 4.05. The number of nitrogens with one attached hydrogen (secondary N) is 1. The highest BCUT2D eigenvalue weighted by molar-refractivity contribution is 5.76. The maximum atomic E-state index is 12.5. The van der Waals surface area contributed by atoms with Crippen LogP contribution in [0.15, 0.2) is 0 Å². The first-order chi connectivity index (χ1) is 9.99. The predicted molar refractivity (Wildman–Crippen MR) is 88.5 cm³/mol. The van der Waals surface area contributed by atoms with Crippen LogP contribution in [0.5, 0.6) is 0 Å². The molecule has 1 saturated heterocycles. The summed E-state index contributed by atoms with van der Waals surface area (Å²) >= 11 is 0. The minimum atomic E-state index is 0.348. The first-order valence-electron chi connectivity index (χ1n) is 8.27. The number of rotatable bonds is 10. The molecule has 0 spiro atoms. The third kappa shape index (κ3) is 8.39. The summed E-state index contributed by atoms with van der Waals surface area (Å²) in [5.74, 6) is 0.893. The van der Waals surface area contributed by atoms with Crippen molar-refractivity contribution >= 4 is 5.91 Å². The van der Waals surface area contributed by atoms with E-state index >= 15 is 0 Å². The van der Waals surface area contributed by atoms with Gasteiger partial charge in [-0.15, -0.1) is 0 Å². The molecule has 1 heterocycles. The number of carbonyl (C=O) groups excluding carboxylic acids is 1. The van der Waals surface area contributed by atoms with Gasteiger partial charge in [-0.05, 0) is 79.6 Å². The molecule has 0 saturated carbocycles. The molecule has 1 N–H and O–H groups in total. The molecule has 5 nitrogen and oxygen atoms in total. The molecule has 0 aliphatic carbocycles. The molecule has 1 aliphatic rings. The van der Waals surface area contributed by atoms with Gasteiger partial charge in [-0.25, -0.2) is 0 Å². The average molecular weight is 298 g/mol. The highest BCUT2D eigenvalue weighted by atomic mass is 16.2. The van der Waals surface area contributed by atoms with Gasteiger partial charge in [-0.2, -0.15) is 0 Å². The van der Waals surface area contributed by atoms with Gasteiger partial charge in [-0.3, -0.25) is 4.79 Å². The number of hydrogen-bond acceptors (Lipinski definition) is 4. The van der Waals surface area contributed by atoms with Gasteiger partial charge >= 0.3 is 0 Å². The minimum Gasteiger partial charge on any atom is -0.343 e. The van der Waals surface area contributed by atoms with E-state index in [0.717, 1.165) is 65.0 Å². The summed E-state index contributed by atoms with van der Waals surface area (Å²) in [5, 5.41) is 3.35. The van der Waals surface area contributed by atoms with Crippen LogP contribution >= 0.6 is 0 Å². The minimum absolute atomic E-state index is 0.348. The fourth-order valence-corrected chi connectivity index (χ4v) is 2.78. The Hall–Kier alpha value is -0.650. The molecule has 0 radical (unpaired) electrons. The zero-order chi connectivity index (χ0) is 15.7. The maximum absolute atomic E-state index is 12.5. The van der Waals surface area contributed by atoms with Gasteiger partial charge in [-0.1, -0.05) is 0 Å². The Kier molecular flexibility index (Phi) is 8.88. The van der Waals surface area contributed by atoms with Crippen molar-refractivity contribution < 1.29 is 4.79 Å². The van der Waals surface area contributed by atoms with Crippen molar-refractivity contribution in [1.82, 2.24) is 20.0 Å². The van der Waals surface area contributed by atoms with Crippen molar-refractivity contribution in [1.29, 1.82) is 0 Å². The lowest BCUT2D eigenvalue weighted by molar-refractivity contribution is -0.132. The molecule has 21 heavy (non-hydrogen) atoms. The fourth-order valence-electron chi connectivity index (χ4n) is 2.78. The smallest absolute Gasteiger partial charge is 0.222 e. The Balaban J connectivity index is 2.38. The third-order valence-electron chi connectivity index (χ3n) is 4.05. The monoisotopic (exact) mass is 298 g/mol. The number of carbonyl (C=O) groups is 1. The predicted octanol–water partition coefficient (Wildman–Crippen LogP) is 0.718. The van der Waals surface area contributed by atoms with E-state index in [9.17, 15) is 4.79 Å². The lowest BCUT2D eigenvalue weighted by Gasteiger charge is -2.25. The zero-order valence-corrected chi connectivity index (χ0v) is 14.4. The Morgan fingerprint density at radius 3 is 2.00 bits per heavy atom. The number of hydrogen-bond donors (Lipinski definition) is 1. The first-order valence-corrected chi connectivity index (χ1v) is 8.27. The van der Waals surface area contributed by atoms with Crippen molar-refractivity contribution in [3.8, 4) is 0 Å². The fraction of sp³-hybridized carbons (Fsp3) is 0.938. The van der Waals surface area contributed by atoms with E-state index in [1.807, 2.05) is 0 Å². The largest absolute Gasteiger partial charge is 0.343 e. The number of nitrogens with zero attached hydrogens (tertiary/aromatic N) is 3. The van der Waals surface area contributed by atoms with Crippen LogP contribution in [-0.2, 0) is 4.79 Å². The van der Waals surface area contributed by atoms with Crippen LogP contribution in [0.3, 0.4) is 0 Å². The molecule has 0 aromatic carbocycles. The van der Waals surface area contributed by atoms with E-state index in [4.69, 9.17) is 0 Å². The summed E-state index contributed by atoms with van der Waals surface area (Å²) in [4.78, 5) is 19.0. The van der Waals surface area contributed by atoms with Crippen molar-refractivity contribution in [3.63, 3.8) is 0 Å². The van der Waals surface area contributed by atoms with Crippen LogP contribution in [-0.4, -0.2) is 88.1 Å². The second kappa shape index (κ2) is 10.1. The summed E-state index contributed by atoms with van der Waals surface area (Å²) in [6.45, 7) is 5.95. The summed E-state index contributed by atoms with van der Waals surface area (Å²) in [6.07, 6.45) is 3.99. The van der Waals surface area contributed by atoms with Crippen molar-refractivity contribution in [2.45, 2.75) is 25.7 Å². The summed E-state index contributed by atoms with van der Waals surface area (Å²) in [5.41, 5.74) is 0. The van der Waals surface area contributed by atoms with Crippen LogP contribution in [0.1, 0.15) is 25.7 Å². The molecule has 1 atom stereocenters. The van der Waals surface area contributed by atoms with Crippen LogP contribution in [0.25, 0.3) is 0 Å². The molecule has 1 fully saturated rings. The van der Waals surface area contributed by atoms with Crippen LogP contribution in [0.2, 0.25) is 0 Å². The van der Waals surface area contributed by atoms with Gasteiger partial charge < -0.3 is 20.0 Å².